The van der Waals surface area contributed by atoms with E-state index in [-0.39, 0.29) is 0 Å². The largest absolute Gasteiger partial charge is 0.489 e. The Morgan fingerprint density at radius 2 is 1.71 bits per heavy atom. The molecule has 0 bridgehead atoms. The average Bonchev–Trinajstić information content (AvgIpc) is 2.53. The standard InChI is InChI=1S/C18H24N2O/c1-19-12-13-20(2)14-17-10-6-7-11-18(17)21-15-16-8-4-3-5-9-16/h3-11,19H,12-15H2,1-2H3. The fourth-order valence-electron chi connectivity index (χ4n) is 2.18. The predicted molar refractivity (Wildman–Crippen MR) is 87.5 cm³/mol. The van der Waals surface area contributed by atoms with Crippen molar-refractivity contribution in [1.82, 2.24) is 10.2 Å². The van der Waals surface area contributed by atoms with Gasteiger partial charge in [-0.2, -0.15) is 0 Å². The zero-order valence-electron chi connectivity index (χ0n) is 12.9. The number of para-hydroxylation sites is 1. The number of benzene rings is 2. The van der Waals surface area contributed by atoms with Crippen LogP contribution in [0.15, 0.2) is 54.6 Å². The van der Waals surface area contributed by atoms with Crippen molar-refractivity contribution in [2.24, 2.45) is 0 Å². The molecule has 0 amide bonds. The van der Waals surface area contributed by atoms with Gasteiger partial charge in [0, 0.05) is 25.2 Å². The van der Waals surface area contributed by atoms with E-state index in [4.69, 9.17) is 4.74 Å². The fourth-order valence-corrected chi connectivity index (χ4v) is 2.18. The first-order chi connectivity index (χ1) is 10.3. The molecule has 1 N–H and O–H groups in total. The molecule has 0 aliphatic heterocycles. The van der Waals surface area contributed by atoms with Gasteiger partial charge in [0.2, 0.25) is 0 Å². The normalized spacial score (nSPS) is 10.8. The van der Waals surface area contributed by atoms with Gasteiger partial charge in [0.25, 0.3) is 0 Å². The number of hydrogen-bond acceptors (Lipinski definition) is 3. The van der Waals surface area contributed by atoms with Crippen molar-refractivity contribution in [2.45, 2.75) is 13.2 Å². The minimum absolute atomic E-state index is 0.609. The van der Waals surface area contributed by atoms with Crippen LogP contribution in [0.4, 0.5) is 0 Å². The van der Waals surface area contributed by atoms with Crippen molar-refractivity contribution >= 4 is 0 Å². The second-order valence-electron chi connectivity index (χ2n) is 5.22. The maximum absolute atomic E-state index is 5.99. The third-order valence-electron chi connectivity index (χ3n) is 3.39. The van der Waals surface area contributed by atoms with Crippen LogP contribution in [-0.4, -0.2) is 32.1 Å². The summed E-state index contributed by atoms with van der Waals surface area (Å²) < 4.78 is 5.99. The van der Waals surface area contributed by atoms with Crippen molar-refractivity contribution < 1.29 is 4.74 Å². The Kier molecular flexibility index (Phi) is 6.25. The lowest BCUT2D eigenvalue weighted by Crippen LogP contribution is -2.27. The number of nitrogens with one attached hydrogen (secondary N) is 1. The third kappa shape index (κ3) is 5.21. The molecule has 0 fully saturated rings. The Hall–Kier alpha value is -1.84. The molecule has 2 rings (SSSR count). The summed E-state index contributed by atoms with van der Waals surface area (Å²) in [6, 6.07) is 18.5. The molecule has 0 atom stereocenters. The van der Waals surface area contributed by atoms with Crippen LogP contribution in [0.25, 0.3) is 0 Å². The highest BCUT2D eigenvalue weighted by molar-refractivity contribution is 5.33. The van der Waals surface area contributed by atoms with Crippen molar-refractivity contribution in [2.75, 3.05) is 27.2 Å². The van der Waals surface area contributed by atoms with E-state index < -0.39 is 0 Å². The lowest BCUT2D eigenvalue weighted by molar-refractivity contribution is 0.285. The number of rotatable bonds is 8. The van der Waals surface area contributed by atoms with Crippen molar-refractivity contribution in [3.63, 3.8) is 0 Å². The minimum atomic E-state index is 0.609. The van der Waals surface area contributed by atoms with E-state index >= 15 is 0 Å². The Morgan fingerprint density at radius 1 is 1.00 bits per heavy atom. The highest BCUT2D eigenvalue weighted by Crippen LogP contribution is 2.20. The molecule has 3 nitrogen and oxygen atoms in total. The number of likely N-dealkylation sites (N-methyl/N-ethyl adjacent to an activating group) is 2. The maximum Gasteiger partial charge on any atom is 0.124 e. The summed E-state index contributed by atoms with van der Waals surface area (Å²) in [5.41, 5.74) is 2.42. The Bertz CT molecular complexity index is 528. The molecule has 0 radical (unpaired) electrons. The van der Waals surface area contributed by atoms with Crippen LogP contribution in [0.2, 0.25) is 0 Å². The molecule has 0 aliphatic carbocycles. The second-order valence-corrected chi connectivity index (χ2v) is 5.22. The molecule has 0 heterocycles. The molecule has 0 unspecified atom stereocenters. The maximum atomic E-state index is 5.99. The van der Waals surface area contributed by atoms with E-state index in [1.54, 1.807) is 0 Å². The van der Waals surface area contributed by atoms with Crippen LogP contribution in [0, 0.1) is 0 Å². The molecular weight excluding hydrogens is 260 g/mol. The van der Waals surface area contributed by atoms with Gasteiger partial charge in [-0.3, -0.25) is 0 Å². The quantitative estimate of drug-likeness (QED) is 0.806. The number of nitrogens with zero attached hydrogens (tertiary/aromatic N) is 1. The number of hydrogen-bond donors (Lipinski definition) is 1. The molecule has 0 saturated heterocycles. The molecule has 2 aromatic carbocycles. The summed E-state index contributed by atoms with van der Waals surface area (Å²) in [6.45, 7) is 3.51. The summed E-state index contributed by atoms with van der Waals surface area (Å²) in [5, 5.41) is 3.17. The monoisotopic (exact) mass is 284 g/mol. The topological polar surface area (TPSA) is 24.5 Å². The van der Waals surface area contributed by atoms with Crippen molar-refractivity contribution in [3.8, 4) is 5.75 Å². The van der Waals surface area contributed by atoms with Gasteiger partial charge in [-0.15, -0.1) is 0 Å². The zero-order chi connectivity index (χ0) is 14.9. The Morgan fingerprint density at radius 3 is 2.48 bits per heavy atom. The summed E-state index contributed by atoms with van der Waals surface area (Å²) in [7, 11) is 4.11. The van der Waals surface area contributed by atoms with E-state index in [1.807, 2.05) is 37.4 Å². The van der Waals surface area contributed by atoms with Gasteiger partial charge in [-0.1, -0.05) is 48.5 Å². The van der Waals surface area contributed by atoms with E-state index in [1.165, 1.54) is 11.1 Å². The molecule has 21 heavy (non-hydrogen) atoms. The fraction of sp³-hybridized carbons (Fsp3) is 0.333. The van der Waals surface area contributed by atoms with Gasteiger partial charge in [0.15, 0.2) is 0 Å². The molecule has 3 heteroatoms. The van der Waals surface area contributed by atoms with Crippen LogP contribution < -0.4 is 10.1 Å². The van der Waals surface area contributed by atoms with Crippen molar-refractivity contribution in [3.05, 3.63) is 65.7 Å². The van der Waals surface area contributed by atoms with Gasteiger partial charge in [-0.25, -0.2) is 0 Å². The highest BCUT2D eigenvalue weighted by atomic mass is 16.5. The second kappa shape index (κ2) is 8.45. The highest BCUT2D eigenvalue weighted by Gasteiger charge is 2.06. The Labute approximate surface area is 127 Å². The van der Waals surface area contributed by atoms with Gasteiger partial charge < -0.3 is 15.0 Å². The van der Waals surface area contributed by atoms with E-state index in [0.717, 1.165) is 25.4 Å². The number of ether oxygens (including phenoxy) is 1. The van der Waals surface area contributed by atoms with Gasteiger partial charge >= 0.3 is 0 Å². The first-order valence-corrected chi connectivity index (χ1v) is 7.37. The molecule has 0 saturated carbocycles. The van der Waals surface area contributed by atoms with E-state index in [9.17, 15) is 0 Å². The molecule has 0 aliphatic rings. The molecular formula is C18H24N2O. The van der Waals surface area contributed by atoms with Crippen molar-refractivity contribution in [1.29, 1.82) is 0 Å². The summed E-state index contributed by atoms with van der Waals surface area (Å²) in [4.78, 5) is 2.29. The SMILES string of the molecule is CNCCN(C)Cc1ccccc1OCc1ccccc1. The minimum Gasteiger partial charge on any atom is -0.489 e. The average molecular weight is 284 g/mol. The molecule has 112 valence electrons. The summed E-state index contributed by atoms with van der Waals surface area (Å²) >= 11 is 0. The molecule has 2 aromatic rings. The lowest BCUT2D eigenvalue weighted by Gasteiger charge is -2.19. The third-order valence-corrected chi connectivity index (χ3v) is 3.39. The van der Waals surface area contributed by atoms with Gasteiger partial charge in [0.1, 0.15) is 12.4 Å². The summed E-state index contributed by atoms with van der Waals surface area (Å²) in [5.74, 6) is 0.970. The first kappa shape index (κ1) is 15.5. The zero-order valence-corrected chi connectivity index (χ0v) is 12.9. The molecule has 0 aromatic heterocycles. The van der Waals surface area contributed by atoms with Crippen LogP contribution in [0.1, 0.15) is 11.1 Å². The molecule has 0 spiro atoms. The van der Waals surface area contributed by atoms with Gasteiger partial charge in [0.05, 0.1) is 0 Å². The Balaban J connectivity index is 1.96. The summed E-state index contributed by atoms with van der Waals surface area (Å²) in [6.07, 6.45) is 0. The van der Waals surface area contributed by atoms with Crippen LogP contribution >= 0.6 is 0 Å². The van der Waals surface area contributed by atoms with E-state index in [0.29, 0.717) is 6.61 Å². The van der Waals surface area contributed by atoms with Gasteiger partial charge in [-0.05, 0) is 25.7 Å². The first-order valence-electron chi connectivity index (χ1n) is 7.37. The smallest absolute Gasteiger partial charge is 0.124 e. The van der Waals surface area contributed by atoms with Crippen LogP contribution in [-0.2, 0) is 13.2 Å². The predicted octanol–water partition coefficient (Wildman–Crippen LogP) is 2.92. The van der Waals surface area contributed by atoms with Crippen LogP contribution in [0.5, 0.6) is 5.75 Å². The van der Waals surface area contributed by atoms with E-state index in [2.05, 4.69) is 41.5 Å². The van der Waals surface area contributed by atoms with Crippen LogP contribution in [0.3, 0.4) is 0 Å². The lowest BCUT2D eigenvalue weighted by atomic mass is 10.2.